The van der Waals surface area contributed by atoms with Gasteiger partial charge in [-0.1, -0.05) is 6.92 Å². The van der Waals surface area contributed by atoms with Crippen molar-refractivity contribution in [2.24, 2.45) is 5.41 Å². The first-order valence-electron chi connectivity index (χ1n) is 13.8. The van der Waals surface area contributed by atoms with Gasteiger partial charge in [-0.15, -0.1) is 0 Å². The summed E-state index contributed by atoms with van der Waals surface area (Å²) in [6.45, 7) is 10.5. The van der Waals surface area contributed by atoms with Crippen LogP contribution in [0.15, 0.2) is 6.07 Å². The number of carbonyl (C=O) groups excluding carboxylic acids is 1. The third kappa shape index (κ3) is 4.85. The maximum absolute atomic E-state index is 12.6. The van der Waals surface area contributed by atoms with Gasteiger partial charge >= 0.3 is 0 Å². The van der Waals surface area contributed by atoms with Gasteiger partial charge in [0.2, 0.25) is 5.91 Å². The standard InChI is InChI=1S/C28H42N8O/c1-5-31-12-6-25(37)33-28-10-8-27(17-28,9-11-28)18-36-23-7-13-35(16-22(23)20(3)34-36)24-14-19(2)32-26(30-4)21(24)15-29/h14-15,29,31H,5-13,16-18H2,1-4H3,(H,30,32)(H,33,37). The van der Waals surface area contributed by atoms with E-state index in [1.54, 1.807) is 0 Å². The van der Waals surface area contributed by atoms with Gasteiger partial charge in [-0.2, -0.15) is 5.10 Å². The minimum Gasteiger partial charge on any atom is -0.373 e. The maximum atomic E-state index is 12.6. The Labute approximate surface area is 220 Å². The summed E-state index contributed by atoms with van der Waals surface area (Å²) in [4.78, 5) is 19.5. The number of fused-ring (bicyclic) bond motifs is 3. The monoisotopic (exact) mass is 506 g/mol. The van der Waals surface area contributed by atoms with Crippen LogP contribution in [0.5, 0.6) is 0 Å². The average molecular weight is 507 g/mol. The van der Waals surface area contributed by atoms with E-state index in [0.717, 1.165) is 99.7 Å². The molecular formula is C28H42N8O. The lowest BCUT2D eigenvalue weighted by Crippen LogP contribution is -2.45. The predicted molar refractivity (Wildman–Crippen MR) is 148 cm³/mol. The fraction of sp³-hybridized carbons (Fsp3) is 0.643. The van der Waals surface area contributed by atoms with Crippen molar-refractivity contribution in [2.45, 2.75) is 84.3 Å². The molecule has 2 aromatic rings. The maximum Gasteiger partial charge on any atom is 0.221 e. The third-order valence-electron chi connectivity index (χ3n) is 8.87. The van der Waals surface area contributed by atoms with Crippen molar-refractivity contribution in [1.29, 1.82) is 5.41 Å². The minimum absolute atomic E-state index is 0.0181. The van der Waals surface area contributed by atoms with Crippen LogP contribution < -0.4 is 20.9 Å². The number of aromatic nitrogens is 3. The molecule has 2 saturated carbocycles. The molecule has 9 nitrogen and oxygen atoms in total. The fourth-order valence-corrected chi connectivity index (χ4v) is 7.03. The van der Waals surface area contributed by atoms with E-state index in [1.807, 2.05) is 14.0 Å². The van der Waals surface area contributed by atoms with E-state index in [2.05, 4.69) is 50.4 Å². The number of pyridine rings is 1. The van der Waals surface area contributed by atoms with Gasteiger partial charge in [0, 0.05) is 74.8 Å². The van der Waals surface area contributed by atoms with E-state index in [4.69, 9.17) is 10.5 Å². The molecule has 2 bridgehead atoms. The number of hydrogen-bond acceptors (Lipinski definition) is 7. The first-order valence-corrected chi connectivity index (χ1v) is 13.8. The van der Waals surface area contributed by atoms with Crippen LogP contribution in [-0.4, -0.2) is 59.1 Å². The van der Waals surface area contributed by atoms with E-state index < -0.39 is 0 Å². The van der Waals surface area contributed by atoms with Crippen molar-refractivity contribution in [2.75, 3.05) is 36.9 Å². The summed E-state index contributed by atoms with van der Waals surface area (Å²) in [6, 6.07) is 2.09. The molecule has 3 heterocycles. The highest BCUT2D eigenvalue weighted by atomic mass is 16.1. The Morgan fingerprint density at radius 3 is 2.73 bits per heavy atom. The second kappa shape index (κ2) is 10.1. The van der Waals surface area contributed by atoms with Gasteiger partial charge in [0.15, 0.2) is 0 Å². The number of carbonyl (C=O) groups is 1. The van der Waals surface area contributed by atoms with Gasteiger partial charge in [-0.25, -0.2) is 4.98 Å². The van der Waals surface area contributed by atoms with E-state index >= 15 is 0 Å². The molecule has 2 fully saturated rings. The lowest BCUT2D eigenvalue weighted by Gasteiger charge is -2.32. The summed E-state index contributed by atoms with van der Waals surface area (Å²) in [6.07, 6.45) is 8.44. The van der Waals surface area contributed by atoms with E-state index in [1.165, 1.54) is 17.5 Å². The zero-order valence-electron chi connectivity index (χ0n) is 22.8. The Balaban J connectivity index is 1.30. The average Bonchev–Trinajstić information content (AvgIpc) is 3.52. The Morgan fingerprint density at radius 2 is 2.03 bits per heavy atom. The smallest absolute Gasteiger partial charge is 0.221 e. The Hall–Kier alpha value is -2.94. The molecule has 5 rings (SSSR count). The highest BCUT2D eigenvalue weighted by Gasteiger charge is 2.55. The van der Waals surface area contributed by atoms with Crippen LogP contribution in [0.3, 0.4) is 0 Å². The summed E-state index contributed by atoms with van der Waals surface area (Å²) in [5, 5.41) is 22.9. The first kappa shape index (κ1) is 25.7. The molecule has 0 spiro atoms. The third-order valence-corrected chi connectivity index (χ3v) is 8.87. The van der Waals surface area contributed by atoms with Crippen molar-refractivity contribution in [3.63, 3.8) is 0 Å². The molecule has 4 N–H and O–H groups in total. The number of rotatable bonds is 10. The van der Waals surface area contributed by atoms with Crippen molar-refractivity contribution in [1.82, 2.24) is 25.4 Å². The van der Waals surface area contributed by atoms with Gasteiger partial charge in [0.25, 0.3) is 0 Å². The van der Waals surface area contributed by atoms with Crippen LogP contribution in [0.25, 0.3) is 0 Å². The van der Waals surface area contributed by atoms with Gasteiger partial charge in [0.05, 0.1) is 16.9 Å². The molecule has 37 heavy (non-hydrogen) atoms. The quantitative estimate of drug-likeness (QED) is 0.291. The molecule has 3 aliphatic rings. The topological polar surface area (TPSA) is 111 Å². The Morgan fingerprint density at radius 1 is 1.24 bits per heavy atom. The molecule has 2 aromatic heterocycles. The van der Waals surface area contributed by atoms with Crippen molar-refractivity contribution in [3.8, 4) is 0 Å². The largest absolute Gasteiger partial charge is 0.373 e. The molecular weight excluding hydrogens is 464 g/mol. The molecule has 1 aliphatic heterocycles. The van der Waals surface area contributed by atoms with Crippen LogP contribution >= 0.6 is 0 Å². The fourth-order valence-electron chi connectivity index (χ4n) is 7.03. The van der Waals surface area contributed by atoms with E-state index in [0.29, 0.717) is 6.42 Å². The van der Waals surface area contributed by atoms with Gasteiger partial charge in [-0.3, -0.25) is 9.48 Å². The van der Waals surface area contributed by atoms with Gasteiger partial charge in [0.1, 0.15) is 5.82 Å². The molecule has 0 unspecified atom stereocenters. The molecule has 2 aliphatic carbocycles. The second-order valence-corrected chi connectivity index (χ2v) is 11.4. The van der Waals surface area contributed by atoms with Crippen LogP contribution in [0.2, 0.25) is 0 Å². The first-order chi connectivity index (χ1) is 17.8. The van der Waals surface area contributed by atoms with Gasteiger partial charge < -0.3 is 26.3 Å². The van der Waals surface area contributed by atoms with Crippen molar-refractivity contribution >= 4 is 23.6 Å². The van der Waals surface area contributed by atoms with Crippen molar-refractivity contribution in [3.05, 3.63) is 34.3 Å². The summed E-state index contributed by atoms with van der Waals surface area (Å²) < 4.78 is 2.30. The highest BCUT2D eigenvalue weighted by molar-refractivity contribution is 5.92. The SMILES string of the molecule is CCNCCC(=O)NC12CCC(Cn3nc(C)c4c3CCN(c3cc(C)nc(NC)c3C=N)C4)(CC1)C2. The molecule has 9 heteroatoms. The summed E-state index contributed by atoms with van der Waals surface area (Å²) in [5.74, 6) is 0.935. The number of amides is 1. The number of nitrogens with one attached hydrogen (secondary N) is 4. The number of anilines is 2. The highest BCUT2D eigenvalue weighted by Crippen LogP contribution is 2.57. The normalized spacial score (nSPS) is 24.3. The summed E-state index contributed by atoms with van der Waals surface area (Å²) >= 11 is 0. The Kier molecular flexibility index (Phi) is 7.00. The molecule has 0 atom stereocenters. The van der Waals surface area contributed by atoms with E-state index in [-0.39, 0.29) is 16.9 Å². The van der Waals surface area contributed by atoms with Gasteiger partial charge in [-0.05, 0) is 64.0 Å². The lowest BCUT2D eigenvalue weighted by molar-refractivity contribution is -0.122. The second-order valence-electron chi connectivity index (χ2n) is 11.4. The van der Waals surface area contributed by atoms with Crippen LogP contribution in [0, 0.1) is 24.7 Å². The zero-order chi connectivity index (χ0) is 26.2. The molecule has 0 aromatic carbocycles. The predicted octanol–water partition coefficient (Wildman–Crippen LogP) is 3.32. The molecule has 0 saturated heterocycles. The molecule has 200 valence electrons. The number of aryl methyl sites for hydroxylation is 2. The molecule has 0 radical (unpaired) electrons. The minimum atomic E-state index is -0.0181. The van der Waals surface area contributed by atoms with Crippen LogP contribution in [0.4, 0.5) is 11.5 Å². The zero-order valence-corrected chi connectivity index (χ0v) is 22.8. The van der Waals surface area contributed by atoms with E-state index in [9.17, 15) is 4.79 Å². The van der Waals surface area contributed by atoms with Crippen molar-refractivity contribution < 1.29 is 4.79 Å². The number of nitrogens with zero attached hydrogens (tertiary/aromatic N) is 4. The lowest BCUT2D eigenvalue weighted by atomic mass is 9.84. The summed E-state index contributed by atoms with van der Waals surface area (Å²) in [5.41, 5.74) is 6.83. The van der Waals surface area contributed by atoms with Crippen LogP contribution in [0.1, 0.15) is 73.7 Å². The molecule has 1 amide bonds. The number of hydrogen-bond donors (Lipinski definition) is 4. The summed E-state index contributed by atoms with van der Waals surface area (Å²) in [7, 11) is 1.86. The Bertz CT molecular complexity index is 1180. The van der Waals surface area contributed by atoms with Crippen LogP contribution in [-0.2, 0) is 24.3 Å².